The number of nitrogens with one attached hydrogen (secondary N) is 1. The zero-order valence-electron chi connectivity index (χ0n) is 11.3. The first-order chi connectivity index (χ1) is 9.24. The van der Waals surface area contributed by atoms with Crippen molar-refractivity contribution in [2.75, 3.05) is 6.54 Å². The summed E-state index contributed by atoms with van der Waals surface area (Å²) in [4.78, 5) is 4.56. The minimum absolute atomic E-state index is 0.340. The molecule has 0 bridgehead atoms. The van der Waals surface area contributed by atoms with Gasteiger partial charge in [0.05, 0.1) is 27.3 Å². The standard InChI is InChI=1S/C14H19IN4/c1-3-7-16-13(4-2)14-6-5-12(9-17-14)19-10-11(15)8-18-19/h5-6,8-10,13,16H,3-4,7H2,1-2H3. The Balaban J connectivity index is 2.13. The molecule has 0 radical (unpaired) electrons. The van der Waals surface area contributed by atoms with E-state index >= 15 is 0 Å². The van der Waals surface area contributed by atoms with Crippen LogP contribution >= 0.6 is 22.6 Å². The molecule has 0 aliphatic rings. The summed E-state index contributed by atoms with van der Waals surface area (Å²) in [5, 5.41) is 7.80. The highest BCUT2D eigenvalue weighted by Crippen LogP contribution is 2.16. The molecular weight excluding hydrogens is 351 g/mol. The summed E-state index contributed by atoms with van der Waals surface area (Å²) in [6.07, 6.45) is 7.90. The van der Waals surface area contributed by atoms with E-state index in [1.54, 1.807) is 0 Å². The van der Waals surface area contributed by atoms with Gasteiger partial charge in [0, 0.05) is 12.2 Å². The average molecular weight is 370 g/mol. The van der Waals surface area contributed by atoms with Gasteiger partial charge in [0.2, 0.25) is 0 Å². The number of hydrogen-bond acceptors (Lipinski definition) is 3. The lowest BCUT2D eigenvalue weighted by molar-refractivity contribution is 0.507. The molecule has 0 aliphatic carbocycles. The molecular formula is C14H19IN4. The van der Waals surface area contributed by atoms with Crippen molar-refractivity contribution >= 4 is 22.6 Å². The van der Waals surface area contributed by atoms with Crippen LogP contribution in [0.2, 0.25) is 0 Å². The number of nitrogens with zero attached hydrogens (tertiary/aromatic N) is 3. The molecule has 2 aromatic heterocycles. The van der Waals surface area contributed by atoms with E-state index in [4.69, 9.17) is 0 Å². The number of rotatable bonds is 6. The van der Waals surface area contributed by atoms with E-state index in [0.717, 1.165) is 34.3 Å². The minimum atomic E-state index is 0.340. The lowest BCUT2D eigenvalue weighted by atomic mass is 10.1. The molecule has 1 unspecified atom stereocenters. The van der Waals surface area contributed by atoms with Gasteiger partial charge in [-0.15, -0.1) is 0 Å². The highest BCUT2D eigenvalue weighted by Gasteiger charge is 2.09. The van der Waals surface area contributed by atoms with Crippen molar-refractivity contribution in [3.63, 3.8) is 0 Å². The summed E-state index contributed by atoms with van der Waals surface area (Å²) < 4.78 is 2.97. The Bertz CT molecular complexity index is 506. The summed E-state index contributed by atoms with van der Waals surface area (Å²) in [5.41, 5.74) is 2.10. The number of pyridine rings is 1. The fraction of sp³-hybridized carbons (Fsp3) is 0.429. The normalized spacial score (nSPS) is 12.6. The van der Waals surface area contributed by atoms with Crippen LogP contribution in [0.4, 0.5) is 0 Å². The maximum absolute atomic E-state index is 4.56. The van der Waals surface area contributed by atoms with Crippen molar-refractivity contribution in [3.05, 3.63) is 40.0 Å². The van der Waals surface area contributed by atoms with Crippen LogP contribution in [0.25, 0.3) is 5.69 Å². The summed E-state index contributed by atoms with van der Waals surface area (Å²) in [5.74, 6) is 0. The summed E-state index contributed by atoms with van der Waals surface area (Å²) in [7, 11) is 0. The van der Waals surface area contributed by atoms with E-state index < -0.39 is 0 Å². The largest absolute Gasteiger partial charge is 0.309 e. The average Bonchev–Trinajstić information content (AvgIpc) is 2.87. The highest BCUT2D eigenvalue weighted by atomic mass is 127. The predicted molar refractivity (Wildman–Crippen MR) is 85.4 cm³/mol. The fourth-order valence-corrected chi connectivity index (χ4v) is 2.35. The smallest absolute Gasteiger partial charge is 0.0829 e. The molecule has 0 fully saturated rings. The quantitative estimate of drug-likeness (QED) is 0.794. The van der Waals surface area contributed by atoms with Crippen LogP contribution in [0.3, 0.4) is 0 Å². The van der Waals surface area contributed by atoms with Crippen LogP contribution in [-0.2, 0) is 0 Å². The lowest BCUT2D eigenvalue weighted by Crippen LogP contribution is -2.22. The maximum atomic E-state index is 4.56. The van der Waals surface area contributed by atoms with Gasteiger partial charge >= 0.3 is 0 Å². The highest BCUT2D eigenvalue weighted by molar-refractivity contribution is 14.1. The van der Waals surface area contributed by atoms with Crippen molar-refractivity contribution in [2.45, 2.75) is 32.7 Å². The zero-order chi connectivity index (χ0) is 13.7. The third-order valence-electron chi connectivity index (χ3n) is 2.99. The van der Waals surface area contributed by atoms with Crippen molar-refractivity contribution in [2.24, 2.45) is 0 Å². The molecule has 2 heterocycles. The maximum Gasteiger partial charge on any atom is 0.0829 e. The lowest BCUT2D eigenvalue weighted by Gasteiger charge is -2.16. The molecule has 19 heavy (non-hydrogen) atoms. The van der Waals surface area contributed by atoms with Crippen molar-refractivity contribution in [1.29, 1.82) is 0 Å². The van der Waals surface area contributed by atoms with Gasteiger partial charge in [0.15, 0.2) is 0 Å². The third kappa shape index (κ3) is 3.76. The Labute approximate surface area is 127 Å². The molecule has 1 atom stereocenters. The molecule has 0 aromatic carbocycles. The van der Waals surface area contributed by atoms with Gasteiger partial charge in [-0.25, -0.2) is 4.68 Å². The Morgan fingerprint density at radius 2 is 2.16 bits per heavy atom. The van der Waals surface area contributed by atoms with Crippen molar-refractivity contribution in [3.8, 4) is 5.69 Å². The molecule has 0 spiro atoms. The van der Waals surface area contributed by atoms with E-state index in [2.05, 4.69) is 64.0 Å². The van der Waals surface area contributed by atoms with Gasteiger partial charge in [-0.3, -0.25) is 4.98 Å². The predicted octanol–water partition coefficient (Wildman–Crippen LogP) is 3.32. The van der Waals surface area contributed by atoms with Crippen LogP contribution < -0.4 is 5.32 Å². The number of aromatic nitrogens is 3. The van der Waals surface area contributed by atoms with Gasteiger partial charge in [-0.1, -0.05) is 13.8 Å². The Morgan fingerprint density at radius 1 is 1.32 bits per heavy atom. The first-order valence-corrected chi connectivity index (χ1v) is 7.72. The van der Waals surface area contributed by atoms with Gasteiger partial charge in [0.1, 0.15) is 0 Å². The Hall–Kier alpha value is -0.950. The fourth-order valence-electron chi connectivity index (χ4n) is 1.96. The van der Waals surface area contributed by atoms with E-state index in [0.29, 0.717) is 6.04 Å². The second kappa shape index (κ2) is 7.00. The van der Waals surface area contributed by atoms with E-state index in [1.807, 2.05) is 23.3 Å². The SMILES string of the molecule is CCCNC(CC)c1ccc(-n2cc(I)cn2)cn1. The van der Waals surface area contributed by atoms with Gasteiger partial charge < -0.3 is 5.32 Å². The van der Waals surface area contributed by atoms with E-state index in [-0.39, 0.29) is 0 Å². The van der Waals surface area contributed by atoms with Gasteiger partial charge in [0.25, 0.3) is 0 Å². The summed E-state index contributed by atoms with van der Waals surface area (Å²) >= 11 is 2.25. The van der Waals surface area contributed by atoms with Crippen molar-refractivity contribution in [1.82, 2.24) is 20.1 Å². The van der Waals surface area contributed by atoms with Crippen LogP contribution in [0.5, 0.6) is 0 Å². The molecule has 1 N–H and O–H groups in total. The zero-order valence-corrected chi connectivity index (χ0v) is 13.5. The molecule has 2 rings (SSSR count). The second-order valence-corrected chi connectivity index (χ2v) is 5.70. The van der Waals surface area contributed by atoms with Gasteiger partial charge in [-0.05, 0) is 54.1 Å². The molecule has 4 nitrogen and oxygen atoms in total. The molecule has 0 saturated carbocycles. The molecule has 2 aromatic rings. The van der Waals surface area contributed by atoms with Crippen LogP contribution in [0.15, 0.2) is 30.7 Å². The Morgan fingerprint density at radius 3 is 2.68 bits per heavy atom. The van der Waals surface area contributed by atoms with E-state index in [9.17, 15) is 0 Å². The van der Waals surface area contributed by atoms with Crippen LogP contribution in [0.1, 0.15) is 38.4 Å². The first-order valence-electron chi connectivity index (χ1n) is 6.64. The molecule has 102 valence electrons. The molecule has 5 heteroatoms. The third-order valence-corrected chi connectivity index (χ3v) is 3.55. The number of hydrogen-bond donors (Lipinski definition) is 1. The molecule has 0 amide bonds. The second-order valence-electron chi connectivity index (χ2n) is 4.46. The minimum Gasteiger partial charge on any atom is -0.309 e. The molecule has 0 saturated heterocycles. The number of halogens is 1. The van der Waals surface area contributed by atoms with E-state index in [1.165, 1.54) is 0 Å². The van der Waals surface area contributed by atoms with Crippen LogP contribution in [0, 0.1) is 3.57 Å². The Kier molecular flexibility index (Phi) is 5.33. The van der Waals surface area contributed by atoms with Gasteiger partial charge in [-0.2, -0.15) is 5.10 Å². The summed E-state index contributed by atoms with van der Waals surface area (Å²) in [6.45, 7) is 5.38. The van der Waals surface area contributed by atoms with Crippen LogP contribution in [-0.4, -0.2) is 21.3 Å². The topological polar surface area (TPSA) is 42.7 Å². The first kappa shape index (κ1) is 14.5. The summed E-state index contributed by atoms with van der Waals surface area (Å²) in [6, 6.07) is 4.49. The van der Waals surface area contributed by atoms with Crippen molar-refractivity contribution < 1.29 is 0 Å². The monoisotopic (exact) mass is 370 g/mol. The molecule has 0 aliphatic heterocycles.